The predicted molar refractivity (Wildman–Crippen MR) is 73.5 cm³/mol. The molecule has 6 heteroatoms. The lowest BCUT2D eigenvalue weighted by Crippen LogP contribution is -2.48. The number of amides is 2. The average molecular weight is 284 g/mol. The SMILES string of the molecule is CC(NC(=O)N(CCC(=O)O)C1CC1)C1CCOCC1. The Bertz CT molecular complexity index is 351. The fourth-order valence-electron chi connectivity index (χ4n) is 2.66. The van der Waals surface area contributed by atoms with E-state index in [2.05, 4.69) is 5.32 Å². The molecule has 2 aliphatic rings. The van der Waals surface area contributed by atoms with Crippen molar-refractivity contribution in [2.24, 2.45) is 5.92 Å². The molecule has 1 atom stereocenters. The van der Waals surface area contributed by atoms with E-state index < -0.39 is 5.97 Å². The van der Waals surface area contributed by atoms with Gasteiger partial charge in [0, 0.05) is 31.8 Å². The summed E-state index contributed by atoms with van der Waals surface area (Å²) in [5.74, 6) is -0.408. The molecule has 2 N–H and O–H groups in total. The molecule has 0 aromatic rings. The molecule has 2 rings (SSSR count). The molecule has 2 amide bonds. The van der Waals surface area contributed by atoms with Crippen molar-refractivity contribution >= 4 is 12.0 Å². The summed E-state index contributed by atoms with van der Waals surface area (Å²) >= 11 is 0. The Morgan fingerprint density at radius 3 is 2.50 bits per heavy atom. The monoisotopic (exact) mass is 284 g/mol. The van der Waals surface area contributed by atoms with E-state index in [9.17, 15) is 9.59 Å². The summed E-state index contributed by atoms with van der Waals surface area (Å²) in [6.45, 7) is 3.84. The highest BCUT2D eigenvalue weighted by molar-refractivity contribution is 5.76. The molecule has 1 unspecified atom stereocenters. The molecule has 6 nitrogen and oxygen atoms in total. The first-order chi connectivity index (χ1) is 9.58. The van der Waals surface area contributed by atoms with Crippen LogP contribution in [0.2, 0.25) is 0 Å². The van der Waals surface area contributed by atoms with E-state index in [1.54, 1.807) is 4.90 Å². The van der Waals surface area contributed by atoms with Crippen molar-refractivity contribution in [3.05, 3.63) is 0 Å². The fraction of sp³-hybridized carbons (Fsp3) is 0.857. The van der Waals surface area contributed by atoms with Crippen LogP contribution in [0.25, 0.3) is 0 Å². The number of carboxylic acid groups (broad SMARTS) is 1. The largest absolute Gasteiger partial charge is 0.481 e. The first kappa shape index (κ1) is 15.1. The van der Waals surface area contributed by atoms with Gasteiger partial charge in [0.1, 0.15) is 0 Å². The van der Waals surface area contributed by atoms with Crippen LogP contribution in [0.1, 0.15) is 39.0 Å². The van der Waals surface area contributed by atoms with Crippen LogP contribution < -0.4 is 5.32 Å². The lowest BCUT2D eigenvalue weighted by molar-refractivity contribution is -0.137. The van der Waals surface area contributed by atoms with Crippen molar-refractivity contribution in [2.45, 2.75) is 51.1 Å². The summed E-state index contributed by atoms with van der Waals surface area (Å²) in [7, 11) is 0. The van der Waals surface area contributed by atoms with Crippen molar-refractivity contribution in [3.8, 4) is 0 Å². The summed E-state index contributed by atoms with van der Waals surface area (Å²) in [5.41, 5.74) is 0. The van der Waals surface area contributed by atoms with Gasteiger partial charge in [0.05, 0.1) is 6.42 Å². The van der Waals surface area contributed by atoms with E-state index in [-0.39, 0.29) is 24.5 Å². The number of carboxylic acids is 1. The topological polar surface area (TPSA) is 78.9 Å². The maximum absolute atomic E-state index is 12.3. The molecular weight excluding hydrogens is 260 g/mol. The number of carbonyl (C=O) groups excluding carboxylic acids is 1. The van der Waals surface area contributed by atoms with Gasteiger partial charge in [-0.1, -0.05) is 0 Å². The number of nitrogens with one attached hydrogen (secondary N) is 1. The molecule has 0 aromatic carbocycles. The van der Waals surface area contributed by atoms with Crippen molar-refractivity contribution < 1.29 is 19.4 Å². The maximum atomic E-state index is 12.3. The Morgan fingerprint density at radius 2 is 1.95 bits per heavy atom. The zero-order valence-electron chi connectivity index (χ0n) is 12.0. The van der Waals surface area contributed by atoms with Crippen LogP contribution >= 0.6 is 0 Å². The van der Waals surface area contributed by atoms with Gasteiger partial charge in [-0.25, -0.2) is 4.79 Å². The predicted octanol–water partition coefficient (Wildman–Crippen LogP) is 1.45. The number of rotatable bonds is 6. The van der Waals surface area contributed by atoms with Crippen LogP contribution in [0.15, 0.2) is 0 Å². The van der Waals surface area contributed by atoms with Crippen LogP contribution in [0, 0.1) is 5.92 Å². The second-order valence-electron chi connectivity index (χ2n) is 5.76. The summed E-state index contributed by atoms with van der Waals surface area (Å²) in [6, 6.07) is 0.224. The standard InChI is InChI=1S/C14H24N2O4/c1-10(11-5-8-20-9-6-11)15-14(19)16(12-2-3-12)7-4-13(17)18/h10-12H,2-9H2,1H3,(H,15,19)(H,17,18). The van der Waals surface area contributed by atoms with Gasteiger partial charge >= 0.3 is 12.0 Å². The molecule has 1 saturated carbocycles. The molecule has 0 aromatic heterocycles. The molecule has 20 heavy (non-hydrogen) atoms. The molecule has 1 aliphatic heterocycles. The minimum atomic E-state index is -0.860. The molecule has 2 fully saturated rings. The minimum Gasteiger partial charge on any atom is -0.481 e. The summed E-state index contributed by atoms with van der Waals surface area (Å²) < 4.78 is 5.33. The molecular formula is C14H24N2O4. The number of urea groups is 1. The van der Waals surface area contributed by atoms with Crippen LogP contribution in [0.5, 0.6) is 0 Å². The Labute approximate surface area is 119 Å². The van der Waals surface area contributed by atoms with Gasteiger partial charge in [-0.2, -0.15) is 0 Å². The summed E-state index contributed by atoms with van der Waals surface area (Å²) in [4.78, 5) is 24.6. The van der Waals surface area contributed by atoms with Crippen LogP contribution in [-0.4, -0.2) is 53.8 Å². The first-order valence-corrected chi connectivity index (χ1v) is 7.44. The maximum Gasteiger partial charge on any atom is 0.317 e. The third kappa shape index (κ3) is 4.37. The number of hydrogen-bond donors (Lipinski definition) is 2. The van der Waals surface area contributed by atoms with Crippen molar-refractivity contribution in [1.29, 1.82) is 0 Å². The smallest absolute Gasteiger partial charge is 0.317 e. The van der Waals surface area contributed by atoms with E-state index in [1.807, 2.05) is 6.92 Å². The van der Waals surface area contributed by atoms with E-state index in [0.717, 1.165) is 38.9 Å². The number of aliphatic carboxylic acids is 1. The Morgan fingerprint density at radius 1 is 1.30 bits per heavy atom. The van der Waals surface area contributed by atoms with Crippen molar-refractivity contribution in [3.63, 3.8) is 0 Å². The Kier molecular flexibility index (Phi) is 5.23. The van der Waals surface area contributed by atoms with Crippen LogP contribution in [0.3, 0.4) is 0 Å². The highest BCUT2D eigenvalue weighted by Gasteiger charge is 2.34. The molecule has 0 radical (unpaired) electrons. The summed E-state index contributed by atoms with van der Waals surface area (Å²) in [5, 5.41) is 11.8. The van der Waals surface area contributed by atoms with Gasteiger partial charge < -0.3 is 20.1 Å². The van der Waals surface area contributed by atoms with E-state index in [4.69, 9.17) is 9.84 Å². The average Bonchev–Trinajstić information content (AvgIpc) is 3.24. The number of carbonyl (C=O) groups is 2. The zero-order valence-corrected chi connectivity index (χ0v) is 12.0. The fourth-order valence-corrected chi connectivity index (χ4v) is 2.66. The van der Waals surface area contributed by atoms with E-state index in [1.165, 1.54) is 0 Å². The van der Waals surface area contributed by atoms with Gasteiger partial charge in [-0.05, 0) is 38.5 Å². The third-order valence-electron chi connectivity index (χ3n) is 4.14. The molecule has 0 bridgehead atoms. The lowest BCUT2D eigenvalue weighted by atomic mass is 9.93. The van der Waals surface area contributed by atoms with Crippen LogP contribution in [0.4, 0.5) is 4.79 Å². The Hall–Kier alpha value is -1.30. The molecule has 114 valence electrons. The summed E-state index contributed by atoms with van der Waals surface area (Å²) in [6.07, 6.45) is 3.92. The van der Waals surface area contributed by atoms with Crippen molar-refractivity contribution in [1.82, 2.24) is 10.2 Å². The number of nitrogens with zero attached hydrogens (tertiary/aromatic N) is 1. The van der Waals surface area contributed by atoms with E-state index >= 15 is 0 Å². The van der Waals surface area contributed by atoms with Gasteiger partial charge in [0.15, 0.2) is 0 Å². The first-order valence-electron chi connectivity index (χ1n) is 7.44. The lowest BCUT2D eigenvalue weighted by Gasteiger charge is -2.31. The third-order valence-corrected chi connectivity index (χ3v) is 4.14. The number of hydrogen-bond acceptors (Lipinski definition) is 3. The van der Waals surface area contributed by atoms with Crippen LogP contribution in [-0.2, 0) is 9.53 Å². The van der Waals surface area contributed by atoms with Gasteiger partial charge in [0.2, 0.25) is 0 Å². The van der Waals surface area contributed by atoms with Gasteiger partial charge in [0.25, 0.3) is 0 Å². The zero-order chi connectivity index (χ0) is 14.5. The van der Waals surface area contributed by atoms with Gasteiger partial charge in [-0.3, -0.25) is 4.79 Å². The quantitative estimate of drug-likeness (QED) is 0.774. The molecule has 0 spiro atoms. The highest BCUT2D eigenvalue weighted by atomic mass is 16.5. The normalized spacial score (nSPS) is 21.2. The van der Waals surface area contributed by atoms with Crippen molar-refractivity contribution in [2.75, 3.05) is 19.8 Å². The van der Waals surface area contributed by atoms with Gasteiger partial charge in [-0.15, -0.1) is 0 Å². The van der Waals surface area contributed by atoms with E-state index in [0.29, 0.717) is 12.5 Å². The molecule has 1 aliphatic carbocycles. The second kappa shape index (κ2) is 6.92. The molecule has 1 saturated heterocycles. The minimum absolute atomic E-state index is 0.00949. The second-order valence-corrected chi connectivity index (χ2v) is 5.76. The highest BCUT2D eigenvalue weighted by Crippen LogP contribution is 2.27. The number of ether oxygens (including phenoxy) is 1. The molecule has 1 heterocycles. The Balaban J connectivity index is 1.82.